The van der Waals surface area contributed by atoms with Gasteiger partial charge in [0.15, 0.2) is 5.82 Å². The molecule has 0 saturated carbocycles. The van der Waals surface area contributed by atoms with E-state index in [4.69, 9.17) is 9.84 Å². The summed E-state index contributed by atoms with van der Waals surface area (Å²) in [6, 6.07) is 26.6. The number of nitrogens with one attached hydrogen (secondary N) is 1. The predicted molar refractivity (Wildman–Crippen MR) is 136 cm³/mol. The first-order valence-corrected chi connectivity index (χ1v) is 11.2. The summed E-state index contributed by atoms with van der Waals surface area (Å²) in [6.45, 7) is 2.48. The Bertz CT molecular complexity index is 1640. The van der Waals surface area contributed by atoms with Crippen molar-refractivity contribution in [3.8, 4) is 28.8 Å². The van der Waals surface area contributed by atoms with E-state index in [1.165, 1.54) is 0 Å². The number of fused-ring (bicyclic) bond motifs is 1. The van der Waals surface area contributed by atoms with Crippen LogP contribution in [0.5, 0.6) is 5.75 Å². The van der Waals surface area contributed by atoms with Gasteiger partial charge in [-0.05, 0) is 49.4 Å². The van der Waals surface area contributed by atoms with Crippen LogP contribution in [0, 0.1) is 11.3 Å². The van der Waals surface area contributed by atoms with Crippen molar-refractivity contribution in [1.29, 1.82) is 5.26 Å². The Morgan fingerprint density at radius 3 is 2.69 bits per heavy atom. The fourth-order valence-electron chi connectivity index (χ4n) is 3.85. The number of para-hydroxylation sites is 2. The molecule has 5 rings (SSSR count). The maximum atomic E-state index is 12.6. The highest BCUT2D eigenvalue weighted by Gasteiger charge is 2.15. The summed E-state index contributed by atoms with van der Waals surface area (Å²) < 4.78 is 7.44. The quantitative estimate of drug-likeness (QED) is 0.350. The van der Waals surface area contributed by atoms with E-state index in [2.05, 4.69) is 16.0 Å². The van der Waals surface area contributed by atoms with E-state index in [1.54, 1.807) is 29.0 Å². The zero-order chi connectivity index (χ0) is 24.2. The fraction of sp³-hybridized carbons (Fsp3) is 0.0714. The van der Waals surface area contributed by atoms with Crippen molar-refractivity contribution in [2.24, 2.45) is 0 Å². The van der Waals surface area contributed by atoms with Crippen molar-refractivity contribution < 1.29 is 4.74 Å². The molecular weight excluding hydrogens is 438 g/mol. The third kappa shape index (κ3) is 4.45. The van der Waals surface area contributed by atoms with Gasteiger partial charge in [0.05, 0.1) is 28.8 Å². The molecule has 0 radical (unpaired) electrons. The zero-order valence-corrected chi connectivity index (χ0v) is 19.0. The average molecular weight is 460 g/mol. The molecule has 2 aromatic heterocycles. The maximum Gasteiger partial charge on any atom is 0.259 e. The second-order valence-electron chi connectivity index (χ2n) is 7.78. The number of rotatable bonds is 6. The van der Waals surface area contributed by atoms with Crippen molar-refractivity contribution in [1.82, 2.24) is 19.7 Å². The third-order valence-electron chi connectivity index (χ3n) is 5.47. The number of nitrogens with zero attached hydrogens (tertiary/aromatic N) is 4. The largest absolute Gasteiger partial charge is 0.494 e. The van der Waals surface area contributed by atoms with E-state index < -0.39 is 0 Å². The minimum Gasteiger partial charge on any atom is -0.494 e. The molecule has 1 N–H and O–H groups in total. The molecule has 0 aliphatic rings. The molecule has 0 saturated heterocycles. The van der Waals surface area contributed by atoms with Gasteiger partial charge >= 0.3 is 0 Å². The number of aromatic nitrogens is 4. The highest BCUT2D eigenvalue weighted by molar-refractivity contribution is 5.91. The lowest BCUT2D eigenvalue weighted by molar-refractivity contribution is 0.340. The second kappa shape index (κ2) is 9.49. The van der Waals surface area contributed by atoms with Crippen LogP contribution < -0.4 is 10.3 Å². The van der Waals surface area contributed by atoms with Crippen molar-refractivity contribution >= 4 is 22.6 Å². The Balaban J connectivity index is 1.68. The van der Waals surface area contributed by atoms with Crippen LogP contribution in [-0.4, -0.2) is 26.4 Å². The number of hydrogen-bond donors (Lipinski definition) is 1. The van der Waals surface area contributed by atoms with Crippen molar-refractivity contribution in [2.45, 2.75) is 6.92 Å². The molecular formula is C28H21N5O2. The van der Waals surface area contributed by atoms with E-state index in [-0.39, 0.29) is 17.0 Å². The number of aromatic amines is 1. The van der Waals surface area contributed by atoms with Crippen LogP contribution in [0.4, 0.5) is 0 Å². The molecule has 0 fully saturated rings. The van der Waals surface area contributed by atoms with E-state index in [9.17, 15) is 10.1 Å². The first kappa shape index (κ1) is 21.9. The molecule has 3 aromatic carbocycles. The third-order valence-corrected chi connectivity index (χ3v) is 5.47. The molecule has 2 heterocycles. The average Bonchev–Trinajstić information content (AvgIpc) is 3.32. The van der Waals surface area contributed by atoms with Crippen LogP contribution in [-0.2, 0) is 0 Å². The van der Waals surface area contributed by atoms with Crippen LogP contribution >= 0.6 is 0 Å². The lowest BCUT2D eigenvalue weighted by Gasteiger charge is -2.06. The van der Waals surface area contributed by atoms with Gasteiger partial charge < -0.3 is 9.72 Å². The minimum atomic E-state index is -0.295. The fourth-order valence-corrected chi connectivity index (χ4v) is 3.85. The van der Waals surface area contributed by atoms with E-state index in [0.29, 0.717) is 28.8 Å². The van der Waals surface area contributed by atoms with E-state index >= 15 is 0 Å². The van der Waals surface area contributed by atoms with Gasteiger partial charge in [0, 0.05) is 17.3 Å². The van der Waals surface area contributed by atoms with Crippen LogP contribution in [0.25, 0.3) is 39.5 Å². The SMILES string of the molecule is CCOc1cccc(-c2nn(-c3ccccc3)cc2/C=C(/C#N)c2nc3ccccc3c(=O)[nH]2)c1. The molecule has 0 aliphatic heterocycles. The Morgan fingerprint density at radius 2 is 1.89 bits per heavy atom. The number of benzene rings is 3. The summed E-state index contributed by atoms with van der Waals surface area (Å²) in [5, 5.41) is 15.3. The molecule has 170 valence electrons. The number of ether oxygens (including phenoxy) is 1. The van der Waals surface area contributed by atoms with Crippen LogP contribution in [0.1, 0.15) is 18.3 Å². The highest BCUT2D eigenvalue weighted by atomic mass is 16.5. The Kier molecular flexibility index (Phi) is 5.93. The Morgan fingerprint density at radius 1 is 1.09 bits per heavy atom. The summed E-state index contributed by atoms with van der Waals surface area (Å²) in [7, 11) is 0. The van der Waals surface area contributed by atoms with Crippen molar-refractivity contribution in [2.75, 3.05) is 6.61 Å². The molecule has 0 atom stereocenters. The molecule has 0 bridgehead atoms. The zero-order valence-electron chi connectivity index (χ0n) is 19.0. The van der Waals surface area contributed by atoms with Gasteiger partial charge in [-0.15, -0.1) is 0 Å². The summed E-state index contributed by atoms with van der Waals surface area (Å²) >= 11 is 0. The summed E-state index contributed by atoms with van der Waals surface area (Å²) in [6.07, 6.45) is 3.55. The van der Waals surface area contributed by atoms with Gasteiger partial charge in [-0.2, -0.15) is 10.4 Å². The standard InChI is InChI=1S/C28H21N5O2/c1-2-35-23-12-8-9-19(16-23)26-21(18-33(32-26)22-10-4-3-5-11-22)15-20(17-29)27-30-25-14-7-6-13-24(25)28(34)31-27/h3-16,18H,2H2,1H3,(H,30,31,34)/b20-15-. The summed E-state index contributed by atoms with van der Waals surface area (Å²) in [5.74, 6) is 0.938. The van der Waals surface area contributed by atoms with Crippen LogP contribution in [0.2, 0.25) is 0 Å². The number of hydrogen-bond acceptors (Lipinski definition) is 5. The van der Waals surface area contributed by atoms with Gasteiger partial charge in [0.2, 0.25) is 0 Å². The van der Waals surface area contributed by atoms with Gasteiger partial charge in [0.1, 0.15) is 17.5 Å². The number of H-pyrrole nitrogens is 1. The Labute approximate surface area is 201 Å². The molecule has 0 spiro atoms. The highest BCUT2D eigenvalue weighted by Crippen LogP contribution is 2.29. The summed E-state index contributed by atoms with van der Waals surface area (Å²) in [5.41, 5.74) is 3.55. The monoisotopic (exact) mass is 459 g/mol. The topological polar surface area (TPSA) is 96.6 Å². The van der Waals surface area contributed by atoms with Gasteiger partial charge in [-0.3, -0.25) is 4.79 Å². The molecule has 0 aliphatic carbocycles. The summed E-state index contributed by atoms with van der Waals surface area (Å²) in [4.78, 5) is 19.8. The lowest BCUT2D eigenvalue weighted by Crippen LogP contribution is -2.11. The minimum absolute atomic E-state index is 0.206. The molecule has 0 unspecified atom stereocenters. The van der Waals surface area contributed by atoms with Gasteiger partial charge in [-0.1, -0.05) is 42.5 Å². The van der Waals surface area contributed by atoms with E-state index in [1.807, 2.05) is 73.8 Å². The van der Waals surface area contributed by atoms with Gasteiger partial charge in [-0.25, -0.2) is 9.67 Å². The molecule has 7 nitrogen and oxygen atoms in total. The second-order valence-corrected chi connectivity index (χ2v) is 7.78. The normalized spacial score (nSPS) is 11.4. The molecule has 5 aromatic rings. The molecule has 35 heavy (non-hydrogen) atoms. The van der Waals surface area contributed by atoms with Crippen molar-refractivity contribution in [3.05, 3.63) is 107 Å². The van der Waals surface area contributed by atoms with Gasteiger partial charge in [0.25, 0.3) is 5.56 Å². The van der Waals surface area contributed by atoms with E-state index in [0.717, 1.165) is 17.0 Å². The maximum absolute atomic E-state index is 12.6. The molecule has 0 amide bonds. The number of allylic oxidation sites excluding steroid dienone is 1. The van der Waals surface area contributed by atoms with Crippen molar-refractivity contribution in [3.63, 3.8) is 0 Å². The predicted octanol–water partition coefficient (Wildman–Crippen LogP) is 5.24. The first-order valence-electron chi connectivity index (χ1n) is 11.2. The Hall–Kier alpha value is -4.96. The molecule has 7 heteroatoms. The first-order chi connectivity index (χ1) is 17.2. The van der Waals surface area contributed by atoms with Crippen LogP contribution in [0.15, 0.2) is 89.9 Å². The number of nitriles is 1. The lowest BCUT2D eigenvalue weighted by atomic mass is 10.1. The smallest absolute Gasteiger partial charge is 0.259 e. The van der Waals surface area contributed by atoms with Crippen LogP contribution in [0.3, 0.4) is 0 Å².